The number of rotatable bonds is 0. The van der Waals surface area contributed by atoms with Gasteiger partial charge in [0.1, 0.15) is 0 Å². The molecule has 0 amide bonds. The molecule has 1 aromatic rings. The van der Waals surface area contributed by atoms with Gasteiger partial charge >= 0.3 is 23.1 Å². The quantitative estimate of drug-likeness (QED) is 0.278. The summed E-state index contributed by atoms with van der Waals surface area (Å²) in [5.74, 6) is 0. The minimum absolute atomic E-state index is 0. The minimum Gasteiger partial charge on any atom is -1.00 e. The second-order valence-corrected chi connectivity index (χ2v) is 0.698. The number of imidazole rings is 1. The first kappa shape index (κ1) is 10.6. The molecule has 4 heteroatoms. The Bertz CT molecular complexity index is 69.4. The van der Waals surface area contributed by atoms with E-state index in [1.165, 1.54) is 0 Å². The smallest absolute Gasteiger partial charge is 1.00 e. The van der Waals surface area contributed by atoms with Crippen LogP contribution in [-0.4, -0.2) is 33.0 Å². The maximum Gasteiger partial charge on any atom is 2.00 e. The Balaban J connectivity index is 0. The molecular formula is C3H3IMgN2. The van der Waals surface area contributed by atoms with Crippen LogP contribution in [0.4, 0.5) is 0 Å². The van der Waals surface area contributed by atoms with Gasteiger partial charge in [-0.25, -0.2) is 0 Å². The van der Waals surface area contributed by atoms with E-state index in [9.17, 15) is 0 Å². The van der Waals surface area contributed by atoms with Gasteiger partial charge in [0.05, 0.1) is 0 Å². The van der Waals surface area contributed by atoms with Crippen LogP contribution in [0.3, 0.4) is 0 Å². The average molecular weight is 218 g/mol. The fraction of sp³-hybridized carbons (Fsp3) is 0. The van der Waals surface area contributed by atoms with Crippen LogP contribution in [0.2, 0.25) is 0 Å². The van der Waals surface area contributed by atoms with Crippen LogP contribution in [0, 0.1) is 6.20 Å². The molecule has 0 unspecified atom stereocenters. The van der Waals surface area contributed by atoms with Crippen molar-refractivity contribution >= 4 is 23.1 Å². The Morgan fingerprint density at radius 1 is 1.57 bits per heavy atom. The number of hydrogen-bond acceptors (Lipinski definition) is 1. The predicted octanol–water partition coefficient (Wildman–Crippen LogP) is -3.17. The average Bonchev–Trinajstić information content (AvgIpc) is 1.76. The maximum absolute atomic E-state index is 3.54. The molecule has 0 aliphatic heterocycles. The summed E-state index contributed by atoms with van der Waals surface area (Å²) in [5.41, 5.74) is 0. The maximum atomic E-state index is 3.54. The van der Waals surface area contributed by atoms with E-state index < -0.39 is 0 Å². The normalized spacial score (nSPS) is 5.71. The monoisotopic (exact) mass is 218 g/mol. The Morgan fingerprint density at radius 3 is 2.43 bits per heavy atom. The summed E-state index contributed by atoms with van der Waals surface area (Å²) in [6.07, 6.45) is 5.76. The summed E-state index contributed by atoms with van der Waals surface area (Å²) < 4.78 is 0. The van der Waals surface area contributed by atoms with Gasteiger partial charge in [-0.15, -0.1) is 6.20 Å². The largest absolute Gasteiger partial charge is 2.00 e. The van der Waals surface area contributed by atoms with Crippen LogP contribution >= 0.6 is 0 Å². The molecule has 0 aromatic carbocycles. The van der Waals surface area contributed by atoms with Crippen molar-refractivity contribution in [3.05, 3.63) is 18.7 Å². The molecule has 0 fully saturated rings. The first-order valence-corrected chi connectivity index (χ1v) is 1.35. The summed E-state index contributed by atoms with van der Waals surface area (Å²) in [4.78, 5) is 6.24. The van der Waals surface area contributed by atoms with Gasteiger partial charge in [-0.05, 0) is 0 Å². The van der Waals surface area contributed by atoms with E-state index in [-0.39, 0.29) is 47.0 Å². The van der Waals surface area contributed by atoms with Gasteiger partial charge in [0.2, 0.25) is 0 Å². The number of hydrogen-bond donors (Lipinski definition) is 1. The molecule has 0 radical (unpaired) electrons. The van der Waals surface area contributed by atoms with E-state index in [1.807, 2.05) is 0 Å². The van der Waals surface area contributed by atoms with Crippen LogP contribution in [0.25, 0.3) is 0 Å². The molecule has 0 saturated heterocycles. The van der Waals surface area contributed by atoms with Crippen LogP contribution in [0.15, 0.2) is 12.5 Å². The molecule has 1 N–H and O–H groups in total. The van der Waals surface area contributed by atoms with Gasteiger partial charge in [-0.1, -0.05) is 12.5 Å². The molecular weight excluding hydrogens is 215 g/mol. The van der Waals surface area contributed by atoms with Crippen molar-refractivity contribution in [2.24, 2.45) is 0 Å². The van der Waals surface area contributed by atoms with E-state index in [2.05, 4.69) is 16.2 Å². The van der Waals surface area contributed by atoms with Crippen molar-refractivity contribution in [2.45, 2.75) is 0 Å². The number of H-pyrrole nitrogens is 1. The second-order valence-electron chi connectivity index (χ2n) is 0.698. The summed E-state index contributed by atoms with van der Waals surface area (Å²) in [6.45, 7) is 0. The van der Waals surface area contributed by atoms with Crippen LogP contribution < -0.4 is 24.0 Å². The van der Waals surface area contributed by atoms with Gasteiger partial charge in [0.25, 0.3) is 0 Å². The Kier molecular flexibility index (Phi) is 10.2. The summed E-state index contributed by atoms with van der Waals surface area (Å²) >= 11 is 0. The van der Waals surface area contributed by atoms with E-state index in [1.54, 1.807) is 12.5 Å². The Hall–Kier alpha value is 0.706. The van der Waals surface area contributed by atoms with Gasteiger partial charge in [0, 0.05) is 0 Å². The molecule has 0 aliphatic carbocycles. The fourth-order valence-corrected chi connectivity index (χ4v) is 0.186. The molecule has 0 aliphatic rings. The third-order valence-corrected chi connectivity index (χ3v) is 0.362. The molecule has 0 bridgehead atoms. The Morgan fingerprint density at radius 2 is 2.29 bits per heavy atom. The van der Waals surface area contributed by atoms with Crippen molar-refractivity contribution in [3.63, 3.8) is 0 Å². The molecule has 0 atom stereocenters. The Labute approximate surface area is 75.3 Å². The SMILES string of the molecule is [I-].[Mg+2].[c-]1c[nH]cn1. The van der Waals surface area contributed by atoms with Gasteiger partial charge in [-0.2, -0.15) is 0 Å². The zero-order valence-electron chi connectivity index (χ0n) is 3.69. The molecule has 34 valence electrons. The number of aromatic amines is 1. The molecule has 1 aromatic heterocycles. The summed E-state index contributed by atoms with van der Waals surface area (Å²) in [7, 11) is 0. The molecule has 1 heterocycles. The first-order chi connectivity index (χ1) is 2.50. The molecule has 0 saturated carbocycles. The zero-order chi connectivity index (χ0) is 3.54. The summed E-state index contributed by atoms with van der Waals surface area (Å²) in [6, 6.07) is 0. The van der Waals surface area contributed by atoms with E-state index in [4.69, 9.17) is 0 Å². The fourth-order valence-electron chi connectivity index (χ4n) is 0.186. The van der Waals surface area contributed by atoms with Crippen LogP contribution in [-0.2, 0) is 0 Å². The molecule has 7 heavy (non-hydrogen) atoms. The number of halogens is 1. The van der Waals surface area contributed by atoms with Crippen molar-refractivity contribution in [3.8, 4) is 0 Å². The van der Waals surface area contributed by atoms with Crippen LogP contribution in [0.5, 0.6) is 0 Å². The molecule has 1 rings (SSSR count). The van der Waals surface area contributed by atoms with Gasteiger partial charge < -0.3 is 33.9 Å². The standard InChI is InChI=1S/C3H3N2.HI.Mg/c1-2-5-3-4-1;;/h1,3H,(H,4,5);1H;/q-1;;+2/p-1. The number of nitrogens with one attached hydrogen (secondary N) is 1. The number of aromatic nitrogens is 2. The van der Waals surface area contributed by atoms with E-state index in [0.717, 1.165) is 0 Å². The van der Waals surface area contributed by atoms with Crippen molar-refractivity contribution < 1.29 is 24.0 Å². The number of nitrogens with zero attached hydrogens (tertiary/aromatic N) is 1. The van der Waals surface area contributed by atoms with Gasteiger partial charge in [-0.3, -0.25) is 0 Å². The summed E-state index contributed by atoms with van der Waals surface area (Å²) in [5, 5.41) is 0. The first-order valence-electron chi connectivity index (χ1n) is 1.35. The third-order valence-electron chi connectivity index (χ3n) is 0.362. The van der Waals surface area contributed by atoms with Crippen molar-refractivity contribution in [1.82, 2.24) is 9.97 Å². The van der Waals surface area contributed by atoms with Gasteiger partial charge in [0.15, 0.2) is 0 Å². The predicted molar refractivity (Wildman–Crippen MR) is 23.2 cm³/mol. The minimum atomic E-state index is 0. The topological polar surface area (TPSA) is 28.7 Å². The third kappa shape index (κ3) is 4.56. The molecule has 2 nitrogen and oxygen atoms in total. The van der Waals surface area contributed by atoms with Crippen molar-refractivity contribution in [2.75, 3.05) is 0 Å². The van der Waals surface area contributed by atoms with Crippen molar-refractivity contribution in [1.29, 1.82) is 0 Å². The molecule has 0 spiro atoms. The van der Waals surface area contributed by atoms with Crippen LogP contribution in [0.1, 0.15) is 0 Å². The van der Waals surface area contributed by atoms with E-state index >= 15 is 0 Å². The van der Waals surface area contributed by atoms with E-state index in [0.29, 0.717) is 0 Å². The second kappa shape index (κ2) is 6.71. The zero-order valence-corrected chi connectivity index (χ0v) is 7.26.